The van der Waals surface area contributed by atoms with Crippen LogP contribution in [0.1, 0.15) is 6.92 Å². The van der Waals surface area contributed by atoms with Gasteiger partial charge in [0.05, 0.1) is 32.1 Å². The molecule has 1 rings (SSSR count). The van der Waals surface area contributed by atoms with E-state index in [0.717, 1.165) is 0 Å². The fourth-order valence-electron chi connectivity index (χ4n) is 1.53. The molecule has 0 aromatic carbocycles. The Morgan fingerprint density at radius 3 is 2.30 bits per heavy atom. The van der Waals surface area contributed by atoms with Crippen LogP contribution in [-0.2, 0) is 13.9 Å². The maximum atomic E-state index is 11.1. The molecule has 0 fully saturated rings. The second-order valence-corrected chi connectivity index (χ2v) is 8.49. The zero-order valence-corrected chi connectivity index (χ0v) is 12.5. The maximum absolute atomic E-state index is 11.1. The van der Waals surface area contributed by atoms with Crippen molar-refractivity contribution in [2.24, 2.45) is 4.99 Å². The molecule has 20 heavy (non-hydrogen) atoms. The molecule has 0 amide bonds. The van der Waals surface area contributed by atoms with Gasteiger partial charge in [-0.25, -0.2) is 0 Å². The summed E-state index contributed by atoms with van der Waals surface area (Å²) in [7, 11) is -10.9. The number of hydrogen-bond acceptors (Lipinski definition) is 6. The molecule has 1 aliphatic heterocycles. The zero-order valence-electron chi connectivity index (χ0n) is 10.7. The van der Waals surface area contributed by atoms with Crippen LogP contribution in [0.4, 0.5) is 0 Å². The summed E-state index contributed by atoms with van der Waals surface area (Å²) in [5.74, 6) is 0. The Labute approximate surface area is 115 Å². The van der Waals surface area contributed by atoms with E-state index in [2.05, 4.69) is 4.99 Å². The molecule has 0 aromatic heterocycles. The van der Waals surface area contributed by atoms with Gasteiger partial charge in [0.1, 0.15) is 0 Å². The lowest BCUT2D eigenvalue weighted by Crippen LogP contribution is -2.38. The van der Waals surface area contributed by atoms with Gasteiger partial charge in [-0.2, -0.15) is 0 Å². The van der Waals surface area contributed by atoms with Crippen LogP contribution >= 0.6 is 15.2 Å². The average molecular weight is 332 g/mol. The lowest BCUT2D eigenvalue weighted by molar-refractivity contribution is 0.0117. The molecule has 0 saturated heterocycles. The number of ether oxygens (including phenoxy) is 1. The summed E-state index contributed by atoms with van der Waals surface area (Å²) in [5.41, 5.74) is 0. The Bertz CT molecular complexity index is 435. The second kappa shape index (κ2) is 6.21. The van der Waals surface area contributed by atoms with Crippen LogP contribution in [0.5, 0.6) is 0 Å². The van der Waals surface area contributed by atoms with Crippen molar-refractivity contribution >= 4 is 21.5 Å². The van der Waals surface area contributed by atoms with Crippen molar-refractivity contribution in [2.75, 3.05) is 26.3 Å². The number of rotatable bonds is 7. The van der Waals surface area contributed by atoms with Gasteiger partial charge in [-0.15, -0.1) is 0 Å². The molecule has 0 aliphatic carbocycles. The highest BCUT2D eigenvalue weighted by Crippen LogP contribution is 2.67. The molecule has 10 nitrogen and oxygen atoms in total. The first kappa shape index (κ1) is 17.7. The second-order valence-electron chi connectivity index (χ2n) is 4.49. The van der Waals surface area contributed by atoms with Crippen molar-refractivity contribution in [3.05, 3.63) is 0 Å². The largest absolute Gasteiger partial charge is 0.375 e. The van der Waals surface area contributed by atoms with Gasteiger partial charge in [0.2, 0.25) is 0 Å². The van der Waals surface area contributed by atoms with Gasteiger partial charge < -0.3 is 34.3 Å². The summed E-state index contributed by atoms with van der Waals surface area (Å²) in [6, 6.07) is -0.209. The Hall–Kier alpha value is -0.310. The van der Waals surface area contributed by atoms with Crippen LogP contribution in [0.25, 0.3) is 0 Å². The number of hydrogen-bond donors (Lipinski definition) is 5. The van der Waals surface area contributed by atoms with E-state index < -0.39 is 26.9 Å². The van der Waals surface area contributed by atoms with Gasteiger partial charge in [-0.3, -0.25) is 14.1 Å². The molecule has 1 atom stereocenters. The standard InChI is InChI=1S/C8H18N2O8P2/c1-7(10-3-2-9-6-10)4-18-5-8(11,19(12,13)14)20(15,16)17/h6-7,11H,2-5H2,1H3,(H2,12,13,14)(H2,15,16,17). The number of aliphatic imine (C=N–C) groups is 1. The molecule has 0 saturated carbocycles. The van der Waals surface area contributed by atoms with E-state index in [1.165, 1.54) is 0 Å². The quantitative estimate of drug-likeness (QED) is 0.358. The van der Waals surface area contributed by atoms with Crippen LogP contribution in [0.2, 0.25) is 0 Å². The molecule has 0 bridgehead atoms. The van der Waals surface area contributed by atoms with Crippen molar-refractivity contribution in [3.63, 3.8) is 0 Å². The first-order chi connectivity index (χ1) is 8.99. The van der Waals surface area contributed by atoms with E-state index in [4.69, 9.17) is 24.3 Å². The molecule has 12 heteroatoms. The monoisotopic (exact) mass is 332 g/mol. The minimum Gasteiger partial charge on any atom is -0.375 e. The van der Waals surface area contributed by atoms with Crippen molar-refractivity contribution in [3.8, 4) is 0 Å². The third kappa shape index (κ3) is 3.87. The Morgan fingerprint density at radius 1 is 1.35 bits per heavy atom. The lowest BCUT2D eigenvalue weighted by atomic mass is 10.3. The molecule has 5 N–H and O–H groups in total. The van der Waals surface area contributed by atoms with Crippen molar-refractivity contribution in [2.45, 2.75) is 18.0 Å². The summed E-state index contributed by atoms with van der Waals surface area (Å²) in [6.07, 6.45) is 1.59. The SMILES string of the molecule is CC(COCC(O)(P(=O)(O)O)P(=O)(O)O)N1C=NCC1. The maximum Gasteiger partial charge on any atom is 0.371 e. The van der Waals surface area contributed by atoms with Crippen molar-refractivity contribution in [1.82, 2.24) is 4.90 Å². The van der Waals surface area contributed by atoms with Gasteiger partial charge >= 0.3 is 15.2 Å². The van der Waals surface area contributed by atoms with Gasteiger partial charge in [0.15, 0.2) is 0 Å². The summed E-state index contributed by atoms with van der Waals surface area (Å²) in [4.78, 5) is 41.4. The van der Waals surface area contributed by atoms with E-state index in [1.54, 1.807) is 18.2 Å². The normalized spacial score (nSPS) is 18.6. The first-order valence-electron chi connectivity index (χ1n) is 5.66. The van der Waals surface area contributed by atoms with Gasteiger partial charge in [-0.05, 0) is 6.92 Å². The molecule has 0 spiro atoms. The highest BCUT2D eigenvalue weighted by molar-refractivity contribution is 7.72. The minimum atomic E-state index is -5.47. The third-order valence-electron chi connectivity index (χ3n) is 2.87. The van der Waals surface area contributed by atoms with E-state index in [-0.39, 0.29) is 12.6 Å². The van der Waals surface area contributed by atoms with Gasteiger partial charge in [0, 0.05) is 6.54 Å². The molecule has 1 heterocycles. The van der Waals surface area contributed by atoms with Gasteiger partial charge in [0.25, 0.3) is 5.08 Å². The fraction of sp³-hybridized carbons (Fsp3) is 0.875. The molecule has 0 aromatic rings. The Morgan fingerprint density at radius 2 is 1.90 bits per heavy atom. The first-order valence-corrected chi connectivity index (χ1v) is 8.88. The summed E-state index contributed by atoms with van der Waals surface area (Å²) in [5, 5.41) is 6.04. The molecule has 1 aliphatic rings. The molecule has 118 valence electrons. The molecule has 1 unspecified atom stereocenters. The fourth-order valence-corrected chi connectivity index (χ4v) is 3.40. The highest BCUT2D eigenvalue weighted by atomic mass is 31.2. The summed E-state index contributed by atoms with van der Waals surface area (Å²) in [6.45, 7) is 1.78. The highest BCUT2D eigenvalue weighted by Gasteiger charge is 2.59. The molecular formula is C8H18N2O8P2. The van der Waals surface area contributed by atoms with Crippen LogP contribution in [0, 0.1) is 0 Å². The summed E-state index contributed by atoms with van der Waals surface area (Å²) < 4.78 is 27.0. The van der Waals surface area contributed by atoms with E-state index in [0.29, 0.717) is 13.1 Å². The minimum absolute atomic E-state index is 0.0751. The Balaban J connectivity index is 2.63. The predicted molar refractivity (Wildman–Crippen MR) is 69.4 cm³/mol. The van der Waals surface area contributed by atoms with Crippen molar-refractivity contribution < 1.29 is 38.5 Å². The molecule has 0 radical (unpaired) electrons. The lowest BCUT2D eigenvalue weighted by Gasteiger charge is -2.30. The van der Waals surface area contributed by atoms with E-state index >= 15 is 0 Å². The summed E-state index contributed by atoms with van der Waals surface area (Å²) >= 11 is 0. The van der Waals surface area contributed by atoms with E-state index in [1.807, 2.05) is 0 Å². The smallest absolute Gasteiger partial charge is 0.371 e. The average Bonchev–Trinajstić information content (AvgIpc) is 2.78. The number of aliphatic hydroxyl groups is 1. The van der Waals surface area contributed by atoms with Gasteiger partial charge in [-0.1, -0.05) is 0 Å². The predicted octanol–water partition coefficient (Wildman–Crippen LogP) is -1.26. The molecular weight excluding hydrogens is 314 g/mol. The van der Waals surface area contributed by atoms with Crippen molar-refractivity contribution in [1.29, 1.82) is 0 Å². The number of nitrogens with zero attached hydrogens (tertiary/aromatic N) is 2. The van der Waals surface area contributed by atoms with Crippen LogP contribution in [0.15, 0.2) is 4.99 Å². The van der Waals surface area contributed by atoms with Crippen LogP contribution in [-0.4, -0.2) is 73.3 Å². The topological polar surface area (TPSA) is 160 Å². The van der Waals surface area contributed by atoms with Crippen LogP contribution < -0.4 is 0 Å². The van der Waals surface area contributed by atoms with Crippen LogP contribution in [0.3, 0.4) is 0 Å². The zero-order chi connectivity index (χ0) is 15.6. The third-order valence-corrected chi connectivity index (χ3v) is 6.56. The Kier molecular flexibility index (Phi) is 5.51. The van der Waals surface area contributed by atoms with E-state index in [9.17, 15) is 14.2 Å².